The molecule has 0 aliphatic carbocycles. The molecule has 88 valence electrons. The number of nitrogens with zero attached hydrogens (tertiary/aromatic N) is 2. The first kappa shape index (κ1) is 11.6. The monoisotopic (exact) mass is 238 g/mol. The Hall–Kier alpha value is -0.900. The summed E-state index contributed by atoms with van der Waals surface area (Å²) in [6.45, 7) is 3.84. The summed E-state index contributed by atoms with van der Waals surface area (Å²) in [6, 6.07) is 0. The summed E-state index contributed by atoms with van der Waals surface area (Å²) >= 11 is 1.62. The molecule has 1 aliphatic heterocycles. The predicted molar refractivity (Wildman–Crippen MR) is 65.6 cm³/mol. The first-order valence-electron chi connectivity index (χ1n) is 5.94. The Morgan fingerprint density at radius 3 is 2.62 bits per heavy atom. The average molecular weight is 238 g/mol. The van der Waals surface area contributed by atoms with E-state index in [2.05, 4.69) is 4.98 Å². The Balaban J connectivity index is 1.91. The zero-order valence-corrected chi connectivity index (χ0v) is 10.6. The lowest BCUT2D eigenvalue weighted by Gasteiger charge is -2.19. The second-order valence-corrected chi connectivity index (χ2v) is 5.39. The molecule has 0 spiro atoms. The van der Waals surface area contributed by atoms with Crippen LogP contribution in [-0.2, 0) is 11.2 Å². The highest BCUT2D eigenvalue weighted by atomic mass is 32.1. The van der Waals surface area contributed by atoms with Crippen LogP contribution in [0.2, 0.25) is 0 Å². The zero-order valence-electron chi connectivity index (χ0n) is 9.74. The van der Waals surface area contributed by atoms with Gasteiger partial charge in [0.15, 0.2) is 0 Å². The summed E-state index contributed by atoms with van der Waals surface area (Å²) in [5.41, 5.74) is 0.928. The number of hydrogen-bond acceptors (Lipinski definition) is 3. The summed E-state index contributed by atoms with van der Waals surface area (Å²) in [7, 11) is 0. The predicted octanol–water partition coefficient (Wildman–Crippen LogP) is 2.40. The highest BCUT2D eigenvalue weighted by Gasteiger charge is 2.16. The van der Waals surface area contributed by atoms with Gasteiger partial charge in [0.25, 0.3) is 0 Å². The molecule has 0 aromatic carbocycles. The Labute approximate surface area is 100 Å². The van der Waals surface area contributed by atoms with Gasteiger partial charge in [0.1, 0.15) is 0 Å². The number of carbonyl (C=O) groups excluding carboxylic acids is 1. The summed E-state index contributed by atoms with van der Waals surface area (Å²) in [6.07, 6.45) is 5.31. The molecule has 16 heavy (non-hydrogen) atoms. The van der Waals surface area contributed by atoms with Crippen LogP contribution in [0.3, 0.4) is 0 Å². The molecule has 0 bridgehead atoms. The number of rotatable bonds is 2. The van der Waals surface area contributed by atoms with Crippen molar-refractivity contribution in [1.29, 1.82) is 0 Å². The number of thiazole rings is 1. The fraction of sp³-hybridized carbons (Fsp3) is 0.667. The molecule has 2 rings (SSSR count). The molecule has 0 atom stereocenters. The van der Waals surface area contributed by atoms with Gasteiger partial charge in [-0.1, -0.05) is 12.8 Å². The first-order valence-corrected chi connectivity index (χ1v) is 6.82. The minimum atomic E-state index is 0.243. The van der Waals surface area contributed by atoms with Crippen LogP contribution in [0, 0.1) is 6.92 Å². The van der Waals surface area contributed by atoms with E-state index in [0.29, 0.717) is 6.42 Å². The molecule has 1 aliphatic rings. The van der Waals surface area contributed by atoms with Crippen LogP contribution in [0.25, 0.3) is 0 Å². The molecule has 4 heteroatoms. The third-order valence-electron chi connectivity index (χ3n) is 2.96. The topological polar surface area (TPSA) is 33.2 Å². The molecule has 2 heterocycles. The van der Waals surface area contributed by atoms with Crippen molar-refractivity contribution in [3.05, 3.63) is 16.1 Å². The van der Waals surface area contributed by atoms with Crippen molar-refractivity contribution in [1.82, 2.24) is 9.88 Å². The van der Waals surface area contributed by atoms with Gasteiger partial charge >= 0.3 is 0 Å². The van der Waals surface area contributed by atoms with Gasteiger partial charge in [-0.3, -0.25) is 4.79 Å². The largest absolute Gasteiger partial charge is 0.342 e. The van der Waals surface area contributed by atoms with Crippen molar-refractivity contribution in [3.8, 4) is 0 Å². The van der Waals surface area contributed by atoms with Crippen molar-refractivity contribution in [2.24, 2.45) is 0 Å². The van der Waals surface area contributed by atoms with Gasteiger partial charge in [0, 0.05) is 18.5 Å². The van der Waals surface area contributed by atoms with Crippen molar-refractivity contribution >= 4 is 17.2 Å². The quantitative estimate of drug-likeness (QED) is 0.792. The van der Waals surface area contributed by atoms with E-state index in [0.717, 1.165) is 36.6 Å². The van der Waals surface area contributed by atoms with E-state index in [1.807, 2.05) is 17.2 Å². The summed E-state index contributed by atoms with van der Waals surface area (Å²) in [5.74, 6) is 0.243. The van der Waals surface area contributed by atoms with Gasteiger partial charge in [-0.05, 0) is 19.8 Å². The van der Waals surface area contributed by atoms with E-state index < -0.39 is 0 Å². The van der Waals surface area contributed by atoms with E-state index in [4.69, 9.17) is 0 Å². The van der Waals surface area contributed by atoms with Gasteiger partial charge in [-0.2, -0.15) is 0 Å². The normalized spacial score (nSPS) is 17.2. The highest BCUT2D eigenvalue weighted by molar-refractivity contribution is 7.09. The SMILES string of the molecule is Cc1nc(CC(=O)N2CCCCCC2)cs1. The number of amides is 1. The number of aromatic nitrogens is 1. The van der Waals surface area contributed by atoms with Gasteiger partial charge < -0.3 is 4.90 Å². The lowest BCUT2D eigenvalue weighted by atomic mass is 10.2. The molecule has 1 fully saturated rings. The van der Waals surface area contributed by atoms with Gasteiger partial charge in [0.05, 0.1) is 17.1 Å². The van der Waals surface area contributed by atoms with E-state index in [1.54, 1.807) is 11.3 Å². The smallest absolute Gasteiger partial charge is 0.228 e. The second-order valence-electron chi connectivity index (χ2n) is 4.33. The molecular weight excluding hydrogens is 220 g/mol. The Morgan fingerprint density at radius 1 is 1.38 bits per heavy atom. The van der Waals surface area contributed by atoms with Crippen LogP contribution in [-0.4, -0.2) is 28.9 Å². The molecule has 0 N–H and O–H groups in total. The Bertz CT molecular complexity index is 354. The number of aryl methyl sites for hydroxylation is 1. The number of likely N-dealkylation sites (tertiary alicyclic amines) is 1. The molecule has 3 nitrogen and oxygen atoms in total. The maximum atomic E-state index is 12.0. The molecular formula is C12H18N2OS. The van der Waals surface area contributed by atoms with E-state index in [-0.39, 0.29) is 5.91 Å². The molecule has 1 amide bonds. The van der Waals surface area contributed by atoms with Crippen LogP contribution in [0.4, 0.5) is 0 Å². The second kappa shape index (κ2) is 5.43. The van der Waals surface area contributed by atoms with Crippen LogP contribution in [0.1, 0.15) is 36.4 Å². The standard InChI is InChI=1S/C12H18N2OS/c1-10-13-11(9-16-10)8-12(15)14-6-4-2-3-5-7-14/h9H,2-8H2,1H3. The summed E-state index contributed by atoms with van der Waals surface area (Å²) < 4.78 is 0. The number of hydrogen-bond donors (Lipinski definition) is 0. The van der Waals surface area contributed by atoms with E-state index in [1.165, 1.54) is 12.8 Å². The van der Waals surface area contributed by atoms with Crippen molar-refractivity contribution in [2.45, 2.75) is 39.0 Å². The van der Waals surface area contributed by atoms with Gasteiger partial charge in [-0.25, -0.2) is 4.98 Å². The molecule has 0 unspecified atom stereocenters. The third-order valence-corrected chi connectivity index (χ3v) is 3.78. The van der Waals surface area contributed by atoms with E-state index >= 15 is 0 Å². The molecule has 0 radical (unpaired) electrons. The minimum absolute atomic E-state index is 0.243. The summed E-state index contributed by atoms with van der Waals surface area (Å²) in [4.78, 5) is 18.4. The van der Waals surface area contributed by atoms with Crippen molar-refractivity contribution in [2.75, 3.05) is 13.1 Å². The average Bonchev–Trinajstić information content (AvgIpc) is 2.56. The van der Waals surface area contributed by atoms with E-state index in [9.17, 15) is 4.79 Å². The van der Waals surface area contributed by atoms with Crippen molar-refractivity contribution in [3.63, 3.8) is 0 Å². The first-order chi connectivity index (χ1) is 7.75. The van der Waals surface area contributed by atoms with Gasteiger partial charge in [0.2, 0.25) is 5.91 Å². The highest BCUT2D eigenvalue weighted by Crippen LogP contribution is 2.13. The van der Waals surface area contributed by atoms with Gasteiger partial charge in [-0.15, -0.1) is 11.3 Å². The molecule has 1 aromatic heterocycles. The fourth-order valence-corrected chi connectivity index (χ4v) is 2.69. The zero-order chi connectivity index (χ0) is 11.4. The van der Waals surface area contributed by atoms with Crippen LogP contribution < -0.4 is 0 Å². The van der Waals surface area contributed by atoms with Crippen LogP contribution >= 0.6 is 11.3 Å². The van der Waals surface area contributed by atoms with Crippen LogP contribution in [0.5, 0.6) is 0 Å². The fourth-order valence-electron chi connectivity index (χ4n) is 2.08. The maximum absolute atomic E-state index is 12.0. The Kier molecular flexibility index (Phi) is 3.93. The number of carbonyl (C=O) groups is 1. The minimum Gasteiger partial charge on any atom is -0.342 e. The molecule has 1 saturated heterocycles. The lowest BCUT2D eigenvalue weighted by Crippen LogP contribution is -2.33. The molecule has 0 saturated carbocycles. The maximum Gasteiger partial charge on any atom is 0.228 e. The Morgan fingerprint density at radius 2 is 2.06 bits per heavy atom. The summed E-state index contributed by atoms with van der Waals surface area (Å²) in [5, 5.41) is 3.03. The molecule has 1 aromatic rings. The van der Waals surface area contributed by atoms with Crippen molar-refractivity contribution < 1.29 is 4.79 Å². The van der Waals surface area contributed by atoms with Crippen LogP contribution in [0.15, 0.2) is 5.38 Å². The lowest BCUT2D eigenvalue weighted by molar-refractivity contribution is -0.130. The third kappa shape index (κ3) is 3.04.